The van der Waals surface area contributed by atoms with Gasteiger partial charge in [0.1, 0.15) is 6.04 Å². The van der Waals surface area contributed by atoms with E-state index in [1.165, 1.54) is 37.6 Å². The molecule has 178 valence electrons. The summed E-state index contributed by atoms with van der Waals surface area (Å²) in [5, 5.41) is 4.79. The highest BCUT2D eigenvalue weighted by Crippen LogP contribution is 2.54. The molecule has 0 aromatic heterocycles. The smallest absolute Gasteiger partial charge is 0.329 e. The molecule has 36 heavy (non-hydrogen) atoms. The second-order valence-electron chi connectivity index (χ2n) is 10.5. The van der Waals surface area contributed by atoms with Gasteiger partial charge in [-0.2, -0.15) is 13.2 Å². The summed E-state index contributed by atoms with van der Waals surface area (Å²) in [4.78, 5) is 1.49. The summed E-state index contributed by atoms with van der Waals surface area (Å²) in [5.74, 6) is 0. The van der Waals surface area contributed by atoms with Crippen molar-refractivity contribution < 1.29 is 13.2 Å². The number of fused-ring (bicyclic) bond motifs is 8. The molecule has 0 bridgehead atoms. The largest absolute Gasteiger partial charge is 0.409 e. The molecule has 0 radical (unpaired) electrons. The molecule has 0 amide bonds. The zero-order chi connectivity index (χ0) is 24.8. The van der Waals surface area contributed by atoms with Gasteiger partial charge in [0.2, 0.25) is 0 Å². The molecular weight excluding hydrogens is 455 g/mol. The second kappa shape index (κ2) is 7.13. The Morgan fingerprint density at radius 2 is 1.50 bits per heavy atom. The maximum absolute atomic E-state index is 14.2. The Kier molecular flexibility index (Phi) is 4.26. The Labute approximate surface area is 207 Å². The monoisotopic (exact) mass is 479 g/mol. The van der Waals surface area contributed by atoms with Crippen LogP contribution in [0.3, 0.4) is 0 Å². The highest BCUT2D eigenvalue weighted by Gasteiger charge is 2.49. The van der Waals surface area contributed by atoms with Crippen molar-refractivity contribution >= 4 is 32.9 Å². The van der Waals surface area contributed by atoms with Gasteiger partial charge in [-0.15, -0.1) is 0 Å². The fourth-order valence-electron chi connectivity index (χ4n) is 6.43. The summed E-state index contributed by atoms with van der Waals surface area (Å²) < 4.78 is 42.5. The summed E-state index contributed by atoms with van der Waals surface area (Å²) >= 11 is 0. The van der Waals surface area contributed by atoms with Crippen molar-refractivity contribution in [2.45, 2.75) is 37.9 Å². The maximum Gasteiger partial charge on any atom is 0.409 e. The van der Waals surface area contributed by atoms with Crippen molar-refractivity contribution in [3.05, 3.63) is 108 Å². The van der Waals surface area contributed by atoms with Crippen LogP contribution in [-0.4, -0.2) is 12.2 Å². The minimum absolute atomic E-state index is 0.0297. The average molecular weight is 480 g/mol. The van der Waals surface area contributed by atoms with E-state index in [2.05, 4.69) is 56.3 Å². The number of benzene rings is 5. The molecule has 1 atom stereocenters. The van der Waals surface area contributed by atoms with Crippen molar-refractivity contribution in [3.63, 3.8) is 0 Å². The summed E-state index contributed by atoms with van der Waals surface area (Å²) in [5.41, 5.74) is 6.23. The van der Waals surface area contributed by atoms with Crippen LogP contribution in [0.15, 0.2) is 91.0 Å². The van der Waals surface area contributed by atoms with Gasteiger partial charge >= 0.3 is 6.18 Å². The first-order chi connectivity index (χ1) is 17.2. The van der Waals surface area contributed by atoms with Crippen LogP contribution >= 0.6 is 0 Å². The van der Waals surface area contributed by atoms with Gasteiger partial charge in [0, 0.05) is 23.2 Å². The number of para-hydroxylation sites is 1. The molecule has 2 aliphatic rings. The molecule has 0 spiro atoms. The van der Waals surface area contributed by atoms with Gasteiger partial charge in [0.25, 0.3) is 0 Å². The summed E-state index contributed by atoms with van der Waals surface area (Å²) in [6.45, 7) is 4.35. The molecule has 0 saturated carbocycles. The summed E-state index contributed by atoms with van der Waals surface area (Å²) in [6.07, 6.45) is -4.36. The molecule has 5 aromatic rings. The van der Waals surface area contributed by atoms with Crippen LogP contribution in [0.2, 0.25) is 0 Å². The fourth-order valence-corrected chi connectivity index (χ4v) is 6.43. The van der Waals surface area contributed by atoms with E-state index < -0.39 is 12.2 Å². The molecule has 5 aromatic carbocycles. The van der Waals surface area contributed by atoms with E-state index in [1.54, 1.807) is 12.1 Å². The van der Waals surface area contributed by atoms with Crippen molar-refractivity contribution in [2.24, 2.45) is 0 Å². The number of rotatable bonds is 1. The SMILES string of the molecule is CC1(C)c2cc(N3c4ccccc4CC3C(F)(F)F)ccc2-c2c1ccc1c2ccc2ccccc21. The van der Waals surface area contributed by atoms with E-state index in [0.717, 1.165) is 16.7 Å². The molecule has 1 aliphatic heterocycles. The number of nitrogens with zero attached hydrogens (tertiary/aromatic N) is 1. The lowest BCUT2D eigenvalue weighted by atomic mass is 9.81. The van der Waals surface area contributed by atoms with Gasteiger partial charge in [0.15, 0.2) is 0 Å². The third-order valence-electron chi connectivity index (χ3n) is 8.18. The van der Waals surface area contributed by atoms with Crippen LogP contribution in [-0.2, 0) is 11.8 Å². The van der Waals surface area contributed by atoms with Crippen molar-refractivity contribution in [1.82, 2.24) is 0 Å². The zero-order valence-corrected chi connectivity index (χ0v) is 20.0. The predicted molar refractivity (Wildman–Crippen MR) is 141 cm³/mol. The summed E-state index contributed by atoms with van der Waals surface area (Å²) in [6, 6.07) is 28.7. The van der Waals surface area contributed by atoms with Gasteiger partial charge in [0.05, 0.1) is 0 Å². The topological polar surface area (TPSA) is 3.24 Å². The third kappa shape index (κ3) is 2.84. The first-order valence-electron chi connectivity index (χ1n) is 12.3. The fraction of sp³-hybridized carbons (Fsp3) is 0.188. The van der Waals surface area contributed by atoms with Gasteiger partial charge in [-0.3, -0.25) is 0 Å². The van der Waals surface area contributed by atoms with Crippen molar-refractivity contribution in [2.75, 3.05) is 4.90 Å². The van der Waals surface area contributed by atoms with Crippen LogP contribution < -0.4 is 4.90 Å². The van der Waals surface area contributed by atoms with Crippen LogP contribution in [0.4, 0.5) is 24.5 Å². The van der Waals surface area contributed by atoms with Crippen molar-refractivity contribution in [1.29, 1.82) is 0 Å². The van der Waals surface area contributed by atoms with E-state index in [4.69, 9.17) is 0 Å². The molecule has 1 nitrogen and oxygen atoms in total. The van der Waals surface area contributed by atoms with E-state index in [1.807, 2.05) is 36.4 Å². The first kappa shape index (κ1) is 21.5. The Bertz CT molecular complexity index is 1700. The minimum Gasteiger partial charge on any atom is -0.329 e. The Morgan fingerprint density at radius 3 is 2.33 bits per heavy atom. The van der Waals surface area contributed by atoms with Crippen LogP contribution in [0.5, 0.6) is 0 Å². The molecule has 0 fully saturated rings. The predicted octanol–water partition coefficient (Wildman–Crippen LogP) is 8.92. The zero-order valence-electron chi connectivity index (χ0n) is 20.0. The standard InChI is InChI=1S/C32H24F3N/c1-31(2)26-16-15-23-22-9-5-3-7-19(22)11-13-24(23)30(26)25-14-12-21(18-27(25)31)36-28-10-6-4-8-20(28)17-29(36)32(33,34)35/h3-16,18,29H,17H2,1-2H3. The molecular formula is C32H24F3N. The van der Waals surface area contributed by atoms with Crippen molar-refractivity contribution in [3.8, 4) is 11.1 Å². The number of anilines is 2. The molecule has 0 saturated heterocycles. The Balaban J connectivity index is 1.45. The van der Waals surface area contributed by atoms with Crippen LogP contribution in [0.25, 0.3) is 32.7 Å². The Hall–Kier alpha value is -3.79. The number of hydrogen-bond acceptors (Lipinski definition) is 1. The number of halogens is 3. The number of alkyl halides is 3. The highest BCUT2D eigenvalue weighted by atomic mass is 19.4. The lowest BCUT2D eigenvalue weighted by Crippen LogP contribution is -2.41. The molecule has 1 unspecified atom stereocenters. The normalized spacial score (nSPS) is 17.9. The minimum atomic E-state index is -4.33. The average Bonchev–Trinajstić information content (AvgIpc) is 3.37. The van der Waals surface area contributed by atoms with Crippen LogP contribution in [0.1, 0.15) is 30.5 Å². The van der Waals surface area contributed by atoms with Gasteiger partial charge in [-0.1, -0.05) is 86.6 Å². The lowest BCUT2D eigenvalue weighted by Gasteiger charge is -2.30. The van der Waals surface area contributed by atoms with Gasteiger partial charge in [-0.05, 0) is 67.6 Å². The van der Waals surface area contributed by atoms with E-state index >= 15 is 0 Å². The number of hydrogen-bond donors (Lipinski definition) is 0. The molecule has 4 heteroatoms. The molecule has 0 N–H and O–H groups in total. The molecule has 1 aliphatic carbocycles. The van der Waals surface area contributed by atoms with Gasteiger partial charge < -0.3 is 4.90 Å². The lowest BCUT2D eigenvalue weighted by molar-refractivity contribution is -0.145. The van der Waals surface area contributed by atoms with Crippen LogP contribution in [0, 0.1) is 0 Å². The van der Waals surface area contributed by atoms with E-state index in [0.29, 0.717) is 11.4 Å². The highest BCUT2D eigenvalue weighted by molar-refractivity contribution is 6.14. The molecule has 7 rings (SSSR count). The third-order valence-corrected chi connectivity index (χ3v) is 8.18. The van der Waals surface area contributed by atoms with E-state index in [9.17, 15) is 13.2 Å². The molecule has 1 heterocycles. The van der Waals surface area contributed by atoms with E-state index in [-0.39, 0.29) is 11.8 Å². The quantitative estimate of drug-likeness (QED) is 0.217. The first-order valence-corrected chi connectivity index (χ1v) is 12.3. The maximum atomic E-state index is 14.2. The summed E-state index contributed by atoms with van der Waals surface area (Å²) in [7, 11) is 0. The Morgan fingerprint density at radius 1 is 0.750 bits per heavy atom. The second-order valence-corrected chi connectivity index (χ2v) is 10.5. The van der Waals surface area contributed by atoms with Gasteiger partial charge in [-0.25, -0.2) is 0 Å².